The SMILES string of the molecule is COc1ccc(N=O)c(OS(=O)(=O)C(F)(F)F)c1. The molecule has 0 amide bonds. The van der Waals surface area contributed by atoms with Gasteiger partial charge >= 0.3 is 15.6 Å². The number of nitrogens with zero attached hydrogens (tertiary/aromatic N) is 1. The van der Waals surface area contributed by atoms with E-state index in [1.807, 2.05) is 0 Å². The van der Waals surface area contributed by atoms with E-state index >= 15 is 0 Å². The summed E-state index contributed by atoms with van der Waals surface area (Å²) in [6, 6.07) is 2.98. The molecule has 0 N–H and O–H groups in total. The normalized spacial score (nSPS) is 12.0. The van der Waals surface area contributed by atoms with Crippen molar-refractivity contribution in [3.05, 3.63) is 23.1 Å². The van der Waals surface area contributed by atoms with Gasteiger partial charge in [-0.2, -0.15) is 21.6 Å². The lowest BCUT2D eigenvalue weighted by Gasteiger charge is -2.11. The third kappa shape index (κ3) is 2.88. The van der Waals surface area contributed by atoms with Gasteiger partial charge in [0.1, 0.15) is 5.75 Å². The second kappa shape index (κ2) is 4.80. The molecule has 100 valence electrons. The Bertz CT molecular complexity index is 554. The van der Waals surface area contributed by atoms with Gasteiger partial charge in [-0.15, -0.1) is 4.91 Å². The van der Waals surface area contributed by atoms with E-state index in [2.05, 4.69) is 14.1 Å². The van der Waals surface area contributed by atoms with Crippen LogP contribution in [0.2, 0.25) is 0 Å². The predicted octanol–water partition coefficient (Wildman–Crippen LogP) is 2.32. The van der Waals surface area contributed by atoms with E-state index in [4.69, 9.17) is 0 Å². The molecule has 0 heterocycles. The Morgan fingerprint density at radius 1 is 1.28 bits per heavy atom. The fourth-order valence-electron chi connectivity index (χ4n) is 0.929. The second-order valence-corrected chi connectivity index (χ2v) is 4.45. The summed E-state index contributed by atoms with van der Waals surface area (Å²) >= 11 is 0. The average molecular weight is 285 g/mol. The molecule has 0 aliphatic rings. The van der Waals surface area contributed by atoms with Crippen LogP contribution < -0.4 is 8.92 Å². The van der Waals surface area contributed by atoms with Crippen LogP contribution in [0.1, 0.15) is 0 Å². The van der Waals surface area contributed by atoms with E-state index in [-0.39, 0.29) is 5.75 Å². The summed E-state index contributed by atoms with van der Waals surface area (Å²) in [6.45, 7) is 0. The molecule has 0 aliphatic heterocycles. The van der Waals surface area contributed by atoms with Crippen molar-refractivity contribution in [3.8, 4) is 11.5 Å². The predicted molar refractivity (Wildman–Crippen MR) is 54.1 cm³/mol. The Kier molecular flexibility index (Phi) is 3.79. The van der Waals surface area contributed by atoms with Crippen molar-refractivity contribution in [1.82, 2.24) is 0 Å². The lowest BCUT2D eigenvalue weighted by molar-refractivity contribution is -0.0499. The third-order valence-corrected chi connectivity index (χ3v) is 2.71. The summed E-state index contributed by atoms with van der Waals surface area (Å²) in [7, 11) is -4.66. The third-order valence-electron chi connectivity index (χ3n) is 1.75. The molecular weight excluding hydrogens is 279 g/mol. The van der Waals surface area contributed by atoms with Crippen molar-refractivity contribution in [3.63, 3.8) is 0 Å². The Labute approximate surface area is 99.4 Å². The molecule has 0 spiro atoms. The van der Waals surface area contributed by atoms with Crippen molar-refractivity contribution >= 4 is 15.8 Å². The second-order valence-electron chi connectivity index (χ2n) is 2.91. The van der Waals surface area contributed by atoms with Crippen LogP contribution in [0.25, 0.3) is 0 Å². The molecule has 0 aromatic heterocycles. The quantitative estimate of drug-likeness (QED) is 0.481. The van der Waals surface area contributed by atoms with E-state index in [9.17, 15) is 26.5 Å². The fourth-order valence-corrected chi connectivity index (χ4v) is 1.39. The minimum atomic E-state index is -5.86. The van der Waals surface area contributed by atoms with E-state index in [0.717, 1.165) is 12.1 Å². The first-order chi connectivity index (χ1) is 8.21. The summed E-state index contributed by atoms with van der Waals surface area (Å²) < 4.78 is 66.2. The smallest absolute Gasteiger partial charge is 0.497 e. The molecule has 0 atom stereocenters. The molecule has 1 rings (SSSR count). The maximum atomic E-state index is 12.1. The summed E-state index contributed by atoms with van der Waals surface area (Å²) in [5.41, 5.74) is -6.19. The monoisotopic (exact) mass is 285 g/mol. The van der Waals surface area contributed by atoms with Crippen LogP contribution in [-0.4, -0.2) is 21.0 Å². The Balaban J connectivity index is 3.22. The van der Waals surface area contributed by atoms with Gasteiger partial charge in [0, 0.05) is 6.07 Å². The Hall–Kier alpha value is -1.84. The molecule has 10 heteroatoms. The van der Waals surface area contributed by atoms with E-state index < -0.39 is 27.1 Å². The van der Waals surface area contributed by atoms with Gasteiger partial charge in [-0.1, -0.05) is 0 Å². The minimum Gasteiger partial charge on any atom is -0.497 e. The van der Waals surface area contributed by atoms with Gasteiger partial charge in [0.25, 0.3) is 0 Å². The molecule has 0 aliphatic carbocycles. The molecule has 6 nitrogen and oxygen atoms in total. The van der Waals surface area contributed by atoms with Gasteiger partial charge in [-0.3, -0.25) is 0 Å². The molecule has 18 heavy (non-hydrogen) atoms. The largest absolute Gasteiger partial charge is 0.534 e. The Morgan fingerprint density at radius 3 is 2.33 bits per heavy atom. The molecule has 0 saturated heterocycles. The van der Waals surface area contributed by atoms with E-state index in [1.165, 1.54) is 13.2 Å². The molecule has 1 aromatic rings. The first kappa shape index (κ1) is 14.2. The van der Waals surface area contributed by atoms with Crippen LogP contribution >= 0.6 is 0 Å². The number of alkyl halides is 3. The van der Waals surface area contributed by atoms with Gasteiger partial charge < -0.3 is 8.92 Å². The summed E-state index contributed by atoms with van der Waals surface area (Å²) in [4.78, 5) is 10.3. The molecule has 0 radical (unpaired) electrons. The standard InChI is InChI=1S/C8H6F3NO5S/c1-16-5-2-3-6(12-13)7(4-5)17-18(14,15)8(9,10)11/h2-4H,1H3. The molecule has 0 saturated carbocycles. The summed E-state index contributed by atoms with van der Waals surface area (Å²) in [5, 5.41) is 2.35. The Morgan fingerprint density at radius 2 is 1.89 bits per heavy atom. The maximum absolute atomic E-state index is 12.1. The number of halogens is 3. The van der Waals surface area contributed by atoms with E-state index in [1.54, 1.807) is 0 Å². The van der Waals surface area contributed by atoms with Gasteiger partial charge in [-0.25, -0.2) is 0 Å². The van der Waals surface area contributed by atoms with Crippen LogP contribution in [0.4, 0.5) is 18.9 Å². The molecule has 0 bridgehead atoms. The number of methoxy groups -OCH3 is 1. The topological polar surface area (TPSA) is 82.0 Å². The van der Waals surface area contributed by atoms with Crippen LogP contribution in [0.5, 0.6) is 11.5 Å². The number of nitroso groups, excluding NO2 is 1. The van der Waals surface area contributed by atoms with Crippen LogP contribution in [0.3, 0.4) is 0 Å². The molecule has 0 fully saturated rings. The lowest BCUT2D eigenvalue weighted by Crippen LogP contribution is -2.28. The van der Waals surface area contributed by atoms with Crippen LogP contribution in [0.15, 0.2) is 23.4 Å². The van der Waals surface area contributed by atoms with Gasteiger partial charge in [-0.05, 0) is 17.3 Å². The fraction of sp³-hybridized carbons (Fsp3) is 0.250. The number of benzene rings is 1. The average Bonchev–Trinajstić information content (AvgIpc) is 2.26. The van der Waals surface area contributed by atoms with Crippen molar-refractivity contribution in [2.45, 2.75) is 5.51 Å². The summed E-state index contributed by atoms with van der Waals surface area (Å²) in [5.74, 6) is -0.851. The highest BCUT2D eigenvalue weighted by Crippen LogP contribution is 2.35. The van der Waals surface area contributed by atoms with Gasteiger partial charge in [0.2, 0.25) is 0 Å². The number of hydrogen-bond donors (Lipinski definition) is 0. The molecule has 0 unspecified atom stereocenters. The van der Waals surface area contributed by atoms with Crippen LogP contribution in [0, 0.1) is 4.91 Å². The highest BCUT2D eigenvalue weighted by Gasteiger charge is 2.48. The van der Waals surface area contributed by atoms with Crippen molar-refractivity contribution < 1.29 is 30.5 Å². The first-order valence-corrected chi connectivity index (χ1v) is 5.64. The molecule has 1 aromatic carbocycles. The number of rotatable bonds is 4. The highest BCUT2D eigenvalue weighted by atomic mass is 32.2. The number of ether oxygens (including phenoxy) is 1. The molecular formula is C8H6F3NO5S. The first-order valence-electron chi connectivity index (χ1n) is 4.23. The number of hydrogen-bond acceptors (Lipinski definition) is 6. The minimum absolute atomic E-state index is 0.00905. The van der Waals surface area contributed by atoms with Crippen molar-refractivity contribution in [2.24, 2.45) is 5.18 Å². The van der Waals surface area contributed by atoms with Crippen molar-refractivity contribution in [2.75, 3.05) is 7.11 Å². The zero-order valence-electron chi connectivity index (χ0n) is 8.76. The zero-order valence-corrected chi connectivity index (χ0v) is 9.58. The van der Waals surface area contributed by atoms with Crippen LogP contribution in [-0.2, 0) is 10.1 Å². The lowest BCUT2D eigenvalue weighted by atomic mass is 10.3. The highest BCUT2D eigenvalue weighted by molar-refractivity contribution is 7.88. The van der Waals surface area contributed by atoms with Crippen molar-refractivity contribution in [1.29, 1.82) is 0 Å². The summed E-state index contributed by atoms with van der Waals surface area (Å²) in [6.07, 6.45) is 0. The zero-order chi connectivity index (χ0) is 14.0. The van der Waals surface area contributed by atoms with Gasteiger partial charge in [0.05, 0.1) is 7.11 Å². The van der Waals surface area contributed by atoms with E-state index in [0.29, 0.717) is 0 Å². The van der Waals surface area contributed by atoms with Gasteiger partial charge in [0.15, 0.2) is 11.4 Å². The maximum Gasteiger partial charge on any atom is 0.534 e.